The number of thiophene rings is 1. The Morgan fingerprint density at radius 1 is 1.16 bits per heavy atom. The summed E-state index contributed by atoms with van der Waals surface area (Å²) < 4.78 is 7.32. The summed E-state index contributed by atoms with van der Waals surface area (Å²) in [5.41, 5.74) is 6.52. The van der Waals surface area contributed by atoms with Crippen molar-refractivity contribution in [1.82, 2.24) is 9.88 Å². The van der Waals surface area contributed by atoms with E-state index in [2.05, 4.69) is 5.32 Å². The van der Waals surface area contributed by atoms with Crippen molar-refractivity contribution in [3.63, 3.8) is 0 Å². The molecule has 3 N–H and O–H groups in total. The van der Waals surface area contributed by atoms with Crippen molar-refractivity contribution in [2.24, 2.45) is 5.73 Å². The topological polar surface area (TPSA) is 107 Å². The molecular formula is C20H15Cl3N4O4S. The number of hydrogen-bond donors (Lipinski definition) is 2. The number of hydrogen-bond acceptors (Lipinski definition) is 5. The van der Waals surface area contributed by atoms with Crippen LogP contribution in [0.2, 0.25) is 14.5 Å². The predicted octanol–water partition coefficient (Wildman–Crippen LogP) is 4.35. The molecule has 1 aliphatic heterocycles. The standard InChI is InChI=1S/C20H15Cl3N4O4S/c21-12-7-10(27-14(18(24)28)3-5-16(27)22)1-2-13(12)26-9-11(31-20(26)30)8-25-19(29)15-4-6-17(23)32-15/h1-7,11H,8-9H2,(H2,24,28)(H,25,29)/t11-/m0/s1. The molecule has 0 bridgehead atoms. The number of rotatable bonds is 6. The zero-order valence-corrected chi connectivity index (χ0v) is 19.3. The summed E-state index contributed by atoms with van der Waals surface area (Å²) in [5, 5.41) is 3.26. The first kappa shape index (κ1) is 22.5. The van der Waals surface area contributed by atoms with E-state index < -0.39 is 18.1 Å². The maximum atomic E-state index is 12.4. The molecule has 0 aliphatic carbocycles. The van der Waals surface area contributed by atoms with Gasteiger partial charge in [0, 0.05) is 5.69 Å². The van der Waals surface area contributed by atoms with Crippen molar-refractivity contribution >= 4 is 69.7 Å². The van der Waals surface area contributed by atoms with Gasteiger partial charge in [0.2, 0.25) is 0 Å². The molecule has 3 aromatic rings. The van der Waals surface area contributed by atoms with Crippen molar-refractivity contribution in [2.45, 2.75) is 6.10 Å². The van der Waals surface area contributed by atoms with Gasteiger partial charge in [0.05, 0.1) is 33.0 Å². The van der Waals surface area contributed by atoms with Crippen LogP contribution in [-0.4, -0.2) is 41.7 Å². The molecule has 4 rings (SSSR count). The Morgan fingerprint density at radius 3 is 2.59 bits per heavy atom. The summed E-state index contributed by atoms with van der Waals surface area (Å²) in [5.74, 6) is -0.942. The Labute approximate surface area is 201 Å². The average molecular weight is 514 g/mol. The van der Waals surface area contributed by atoms with E-state index in [1.807, 2.05) is 0 Å². The van der Waals surface area contributed by atoms with Crippen LogP contribution in [0, 0.1) is 0 Å². The molecule has 2 aromatic heterocycles. The van der Waals surface area contributed by atoms with Gasteiger partial charge in [0.15, 0.2) is 0 Å². The van der Waals surface area contributed by atoms with Gasteiger partial charge in [-0.3, -0.25) is 19.1 Å². The molecule has 8 nitrogen and oxygen atoms in total. The van der Waals surface area contributed by atoms with E-state index in [0.717, 1.165) is 11.3 Å². The third kappa shape index (κ3) is 4.42. The van der Waals surface area contributed by atoms with Gasteiger partial charge < -0.3 is 15.8 Å². The van der Waals surface area contributed by atoms with Gasteiger partial charge in [-0.2, -0.15) is 0 Å². The fourth-order valence-electron chi connectivity index (χ4n) is 3.27. The second-order valence-electron chi connectivity index (χ2n) is 6.81. The molecule has 12 heteroatoms. The summed E-state index contributed by atoms with van der Waals surface area (Å²) in [6, 6.07) is 11.2. The van der Waals surface area contributed by atoms with Crippen molar-refractivity contribution < 1.29 is 19.1 Å². The summed E-state index contributed by atoms with van der Waals surface area (Å²) in [4.78, 5) is 38.1. The lowest BCUT2D eigenvalue weighted by atomic mass is 10.2. The van der Waals surface area contributed by atoms with Crippen LogP contribution < -0.4 is 16.0 Å². The highest BCUT2D eigenvalue weighted by atomic mass is 35.5. The summed E-state index contributed by atoms with van der Waals surface area (Å²) in [6.45, 7) is 0.327. The van der Waals surface area contributed by atoms with Crippen molar-refractivity contribution in [3.8, 4) is 5.69 Å². The molecule has 32 heavy (non-hydrogen) atoms. The number of carbonyl (C=O) groups excluding carboxylic acids is 3. The first-order valence-corrected chi connectivity index (χ1v) is 11.2. The Balaban J connectivity index is 1.47. The summed E-state index contributed by atoms with van der Waals surface area (Å²) >= 11 is 19.6. The van der Waals surface area contributed by atoms with Crippen LogP contribution in [0.25, 0.3) is 5.69 Å². The van der Waals surface area contributed by atoms with Crippen LogP contribution >= 0.6 is 46.1 Å². The van der Waals surface area contributed by atoms with E-state index >= 15 is 0 Å². The predicted molar refractivity (Wildman–Crippen MR) is 124 cm³/mol. The number of ether oxygens (including phenoxy) is 1. The quantitative estimate of drug-likeness (QED) is 0.511. The minimum Gasteiger partial charge on any atom is -0.442 e. The van der Waals surface area contributed by atoms with Crippen molar-refractivity contribution in [3.05, 3.63) is 67.5 Å². The normalized spacial score (nSPS) is 15.7. The monoisotopic (exact) mass is 512 g/mol. The molecule has 0 spiro atoms. The Bertz CT molecular complexity index is 1230. The van der Waals surface area contributed by atoms with E-state index in [-0.39, 0.29) is 34.9 Å². The first-order valence-electron chi connectivity index (χ1n) is 9.23. The van der Waals surface area contributed by atoms with Crippen LogP contribution in [0.1, 0.15) is 20.2 Å². The summed E-state index contributed by atoms with van der Waals surface area (Å²) in [7, 11) is 0. The largest absolute Gasteiger partial charge is 0.442 e. The van der Waals surface area contributed by atoms with Crippen LogP contribution in [0.5, 0.6) is 0 Å². The van der Waals surface area contributed by atoms with Gasteiger partial charge in [-0.25, -0.2) is 4.79 Å². The molecule has 166 valence electrons. The number of benzene rings is 1. The molecular weight excluding hydrogens is 499 g/mol. The maximum absolute atomic E-state index is 12.4. The maximum Gasteiger partial charge on any atom is 0.414 e. The third-order valence-electron chi connectivity index (χ3n) is 4.73. The van der Waals surface area contributed by atoms with E-state index in [9.17, 15) is 14.4 Å². The number of primary amides is 1. The van der Waals surface area contributed by atoms with E-state index in [0.29, 0.717) is 20.6 Å². The fraction of sp³-hybridized carbons (Fsp3) is 0.150. The number of nitrogens with one attached hydrogen (secondary N) is 1. The Morgan fingerprint density at radius 2 is 1.94 bits per heavy atom. The molecule has 1 aliphatic rings. The van der Waals surface area contributed by atoms with Gasteiger partial charge in [0.25, 0.3) is 11.8 Å². The van der Waals surface area contributed by atoms with E-state index in [4.69, 9.17) is 45.3 Å². The second-order valence-corrected chi connectivity index (χ2v) is 9.32. The Kier molecular flexibility index (Phi) is 6.34. The lowest BCUT2D eigenvalue weighted by Gasteiger charge is -2.17. The fourth-order valence-corrected chi connectivity index (χ4v) is 4.76. The molecule has 1 atom stereocenters. The highest BCUT2D eigenvalue weighted by molar-refractivity contribution is 7.18. The average Bonchev–Trinajstić information content (AvgIpc) is 3.44. The third-order valence-corrected chi connectivity index (χ3v) is 6.55. The number of halogens is 3. The Hall–Kier alpha value is -2.72. The summed E-state index contributed by atoms with van der Waals surface area (Å²) in [6.07, 6.45) is -1.15. The second kappa shape index (κ2) is 9.03. The van der Waals surface area contributed by atoms with Gasteiger partial charge >= 0.3 is 6.09 Å². The number of nitrogens with two attached hydrogens (primary N) is 1. The molecule has 1 aromatic carbocycles. The first-order chi connectivity index (χ1) is 15.2. The highest BCUT2D eigenvalue weighted by Crippen LogP contribution is 2.33. The zero-order valence-electron chi connectivity index (χ0n) is 16.2. The van der Waals surface area contributed by atoms with Crippen molar-refractivity contribution in [2.75, 3.05) is 18.0 Å². The van der Waals surface area contributed by atoms with Crippen LogP contribution in [-0.2, 0) is 4.74 Å². The van der Waals surface area contributed by atoms with Gasteiger partial charge in [-0.05, 0) is 42.5 Å². The lowest BCUT2D eigenvalue weighted by molar-refractivity contribution is 0.0919. The molecule has 1 fully saturated rings. The molecule has 3 amide bonds. The number of cyclic esters (lactones) is 1. The smallest absolute Gasteiger partial charge is 0.414 e. The van der Waals surface area contributed by atoms with Gasteiger partial charge in [-0.1, -0.05) is 34.8 Å². The zero-order chi connectivity index (χ0) is 23.0. The molecule has 1 saturated heterocycles. The minimum atomic E-state index is -0.644. The number of aromatic nitrogens is 1. The number of anilines is 1. The number of carbonyl (C=O) groups is 3. The van der Waals surface area contributed by atoms with Crippen LogP contribution in [0.3, 0.4) is 0 Å². The minimum absolute atomic E-state index is 0.132. The van der Waals surface area contributed by atoms with Gasteiger partial charge in [0.1, 0.15) is 17.0 Å². The number of nitrogens with zero attached hydrogens (tertiary/aromatic N) is 2. The molecule has 0 saturated carbocycles. The number of amides is 3. The van der Waals surface area contributed by atoms with Crippen molar-refractivity contribution in [1.29, 1.82) is 0 Å². The highest BCUT2D eigenvalue weighted by Gasteiger charge is 2.34. The molecule has 3 heterocycles. The van der Waals surface area contributed by atoms with Gasteiger partial charge in [-0.15, -0.1) is 11.3 Å². The van der Waals surface area contributed by atoms with Crippen LogP contribution in [0.15, 0.2) is 42.5 Å². The molecule has 0 unspecified atom stereocenters. The lowest BCUT2D eigenvalue weighted by Crippen LogP contribution is -2.34. The SMILES string of the molecule is NC(=O)c1ccc(Cl)n1-c1ccc(N2C[C@H](CNC(=O)c3ccc(Cl)s3)OC2=O)c(Cl)c1. The van der Waals surface area contributed by atoms with E-state index in [1.54, 1.807) is 36.4 Å². The van der Waals surface area contributed by atoms with Crippen LogP contribution in [0.4, 0.5) is 10.5 Å². The molecule has 0 radical (unpaired) electrons. The van der Waals surface area contributed by atoms with E-state index in [1.165, 1.54) is 15.5 Å².